The lowest BCUT2D eigenvalue weighted by Gasteiger charge is -2.29. The molecule has 2 heterocycles. The molecule has 1 aromatic rings. The summed E-state index contributed by atoms with van der Waals surface area (Å²) in [4.78, 5) is 14.0. The summed E-state index contributed by atoms with van der Waals surface area (Å²) >= 11 is 0. The summed E-state index contributed by atoms with van der Waals surface area (Å²) in [6.45, 7) is 5.25. The Labute approximate surface area is 113 Å². The number of benzene rings is 1. The number of hydrogen-bond acceptors (Lipinski definition) is 3. The van der Waals surface area contributed by atoms with Gasteiger partial charge in [-0.2, -0.15) is 0 Å². The minimum absolute atomic E-state index is 0.0182. The zero-order valence-corrected chi connectivity index (χ0v) is 11.3. The summed E-state index contributed by atoms with van der Waals surface area (Å²) in [5.41, 5.74) is 2.59. The Bertz CT molecular complexity index is 475. The van der Waals surface area contributed by atoms with Gasteiger partial charge in [0.2, 0.25) is 0 Å². The zero-order valence-electron chi connectivity index (χ0n) is 11.3. The molecule has 1 saturated heterocycles. The summed E-state index contributed by atoms with van der Waals surface area (Å²) in [5, 5.41) is 3.25. The third-order valence-corrected chi connectivity index (χ3v) is 4.09. The molecule has 3 rings (SSSR count). The maximum atomic E-state index is 12.2. The number of fused-ring (bicyclic) bond motifs is 1. The molecule has 1 amide bonds. The standard InChI is InChI=1S/C15H20N2O2/c1-11-8-16-9-14(11)19-15(18)17-7-6-12-4-2-3-5-13(12)10-17/h2-5,11,14,16H,6-10H2,1H3. The van der Waals surface area contributed by atoms with Crippen LogP contribution in [0.4, 0.5) is 4.79 Å². The van der Waals surface area contributed by atoms with Crippen LogP contribution in [-0.2, 0) is 17.7 Å². The predicted molar refractivity (Wildman–Crippen MR) is 72.9 cm³/mol. The predicted octanol–water partition coefficient (Wildman–Crippen LogP) is 1.79. The van der Waals surface area contributed by atoms with E-state index in [0.29, 0.717) is 12.5 Å². The highest BCUT2D eigenvalue weighted by molar-refractivity contribution is 5.68. The Morgan fingerprint density at radius 1 is 1.32 bits per heavy atom. The lowest BCUT2D eigenvalue weighted by atomic mass is 10.0. The van der Waals surface area contributed by atoms with E-state index in [1.54, 1.807) is 0 Å². The molecule has 0 radical (unpaired) electrons. The molecule has 4 heteroatoms. The molecule has 102 valence electrons. The first kappa shape index (κ1) is 12.5. The fourth-order valence-corrected chi connectivity index (χ4v) is 2.80. The molecular formula is C15H20N2O2. The average Bonchev–Trinajstić information content (AvgIpc) is 2.84. The van der Waals surface area contributed by atoms with E-state index in [2.05, 4.69) is 30.4 Å². The fourth-order valence-electron chi connectivity index (χ4n) is 2.80. The van der Waals surface area contributed by atoms with E-state index in [1.165, 1.54) is 11.1 Å². The van der Waals surface area contributed by atoms with Crippen molar-refractivity contribution >= 4 is 6.09 Å². The third kappa shape index (κ3) is 2.59. The number of amides is 1. The number of nitrogens with one attached hydrogen (secondary N) is 1. The molecule has 4 nitrogen and oxygen atoms in total. The van der Waals surface area contributed by atoms with Gasteiger partial charge in [0, 0.05) is 32.1 Å². The van der Waals surface area contributed by atoms with E-state index < -0.39 is 0 Å². The quantitative estimate of drug-likeness (QED) is 0.837. The average molecular weight is 260 g/mol. The van der Waals surface area contributed by atoms with Crippen LogP contribution in [0, 0.1) is 5.92 Å². The van der Waals surface area contributed by atoms with Gasteiger partial charge >= 0.3 is 6.09 Å². The maximum Gasteiger partial charge on any atom is 0.410 e. The van der Waals surface area contributed by atoms with Crippen molar-refractivity contribution in [3.8, 4) is 0 Å². The number of rotatable bonds is 1. The fraction of sp³-hybridized carbons (Fsp3) is 0.533. The second-order valence-corrected chi connectivity index (χ2v) is 5.50. The second-order valence-electron chi connectivity index (χ2n) is 5.50. The molecule has 2 aliphatic rings. The molecule has 2 unspecified atom stereocenters. The summed E-state index contributed by atoms with van der Waals surface area (Å²) in [6, 6.07) is 8.31. The van der Waals surface area contributed by atoms with Crippen molar-refractivity contribution in [1.29, 1.82) is 0 Å². The molecule has 19 heavy (non-hydrogen) atoms. The minimum atomic E-state index is -0.171. The zero-order chi connectivity index (χ0) is 13.2. The van der Waals surface area contributed by atoms with Crippen molar-refractivity contribution in [3.05, 3.63) is 35.4 Å². The van der Waals surface area contributed by atoms with Crippen LogP contribution in [0.15, 0.2) is 24.3 Å². The highest BCUT2D eigenvalue weighted by Crippen LogP contribution is 2.20. The van der Waals surface area contributed by atoms with Crippen molar-refractivity contribution in [3.63, 3.8) is 0 Å². The Hall–Kier alpha value is -1.55. The van der Waals surface area contributed by atoms with Crippen LogP contribution >= 0.6 is 0 Å². The van der Waals surface area contributed by atoms with Gasteiger partial charge in [0.05, 0.1) is 0 Å². The molecule has 0 aliphatic carbocycles. The topological polar surface area (TPSA) is 41.6 Å². The first-order chi connectivity index (χ1) is 9.24. The summed E-state index contributed by atoms with van der Waals surface area (Å²) in [6.07, 6.45) is 0.767. The van der Waals surface area contributed by atoms with Crippen molar-refractivity contribution in [1.82, 2.24) is 10.2 Å². The highest BCUT2D eigenvalue weighted by atomic mass is 16.6. The first-order valence-electron chi connectivity index (χ1n) is 6.97. The molecule has 2 atom stereocenters. The van der Waals surface area contributed by atoms with Crippen molar-refractivity contribution in [2.24, 2.45) is 5.92 Å². The van der Waals surface area contributed by atoms with Crippen molar-refractivity contribution < 1.29 is 9.53 Å². The molecule has 1 N–H and O–H groups in total. The smallest absolute Gasteiger partial charge is 0.410 e. The lowest BCUT2D eigenvalue weighted by Crippen LogP contribution is -2.39. The van der Waals surface area contributed by atoms with Crippen LogP contribution in [0.25, 0.3) is 0 Å². The first-order valence-corrected chi connectivity index (χ1v) is 6.97. The van der Waals surface area contributed by atoms with Crippen LogP contribution in [0.2, 0.25) is 0 Å². The van der Waals surface area contributed by atoms with E-state index in [1.807, 2.05) is 11.0 Å². The molecule has 1 fully saturated rings. The van der Waals surface area contributed by atoms with Crippen molar-refractivity contribution in [2.45, 2.75) is 26.0 Å². The minimum Gasteiger partial charge on any atom is -0.444 e. The lowest BCUT2D eigenvalue weighted by molar-refractivity contribution is 0.0522. The van der Waals surface area contributed by atoms with Crippen LogP contribution < -0.4 is 5.32 Å². The van der Waals surface area contributed by atoms with Gasteiger partial charge in [0.15, 0.2) is 0 Å². The van der Waals surface area contributed by atoms with Crippen LogP contribution in [-0.4, -0.2) is 36.7 Å². The summed E-state index contributed by atoms with van der Waals surface area (Å²) < 4.78 is 5.60. The maximum absolute atomic E-state index is 12.2. The molecule has 0 saturated carbocycles. The van der Waals surface area contributed by atoms with E-state index in [0.717, 1.165) is 26.1 Å². The molecule has 1 aromatic carbocycles. The van der Waals surface area contributed by atoms with E-state index >= 15 is 0 Å². The number of nitrogens with zero attached hydrogens (tertiary/aromatic N) is 1. The number of ether oxygens (including phenoxy) is 1. The van der Waals surface area contributed by atoms with Gasteiger partial charge in [-0.1, -0.05) is 31.2 Å². The van der Waals surface area contributed by atoms with Gasteiger partial charge in [-0.15, -0.1) is 0 Å². The Morgan fingerprint density at radius 3 is 2.84 bits per heavy atom. The van der Waals surface area contributed by atoms with Crippen molar-refractivity contribution in [2.75, 3.05) is 19.6 Å². The molecule has 0 bridgehead atoms. The largest absolute Gasteiger partial charge is 0.444 e. The molecular weight excluding hydrogens is 240 g/mol. The normalized spacial score (nSPS) is 26.1. The Kier molecular flexibility index (Phi) is 3.42. The second kappa shape index (κ2) is 5.21. The van der Waals surface area contributed by atoms with Gasteiger partial charge < -0.3 is 15.0 Å². The number of carbonyl (C=O) groups excluding carboxylic acids is 1. The van der Waals surface area contributed by atoms with Crippen LogP contribution in [0.5, 0.6) is 0 Å². The van der Waals surface area contributed by atoms with Gasteiger partial charge in [-0.05, 0) is 17.5 Å². The molecule has 0 spiro atoms. The SMILES string of the molecule is CC1CNCC1OC(=O)N1CCc2ccccc2C1. The third-order valence-electron chi connectivity index (χ3n) is 4.09. The van der Waals surface area contributed by atoms with Gasteiger partial charge in [-0.25, -0.2) is 4.79 Å². The van der Waals surface area contributed by atoms with Crippen LogP contribution in [0.1, 0.15) is 18.1 Å². The summed E-state index contributed by atoms with van der Waals surface area (Å²) in [5.74, 6) is 0.404. The Balaban J connectivity index is 1.63. The van der Waals surface area contributed by atoms with E-state index in [-0.39, 0.29) is 12.2 Å². The molecule has 0 aromatic heterocycles. The Morgan fingerprint density at radius 2 is 2.11 bits per heavy atom. The van der Waals surface area contributed by atoms with E-state index in [9.17, 15) is 4.79 Å². The number of hydrogen-bond donors (Lipinski definition) is 1. The summed E-state index contributed by atoms with van der Waals surface area (Å²) in [7, 11) is 0. The van der Waals surface area contributed by atoms with E-state index in [4.69, 9.17) is 4.74 Å². The van der Waals surface area contributed by atoms with Crippen LogP contribution in [0.3, 0.4) is 0 Å². The molecule has 2 aliphatic heterocycles. The van der Waals surface area contributed by atoms with Gasteiger partial charge in [-0.3, -0.25) is 0 Å². The monoisotopic (exact) mass is 260 g/mol. The van der Waals surface area contributed by atoms with Gasteiger partial charge in [0.25, 0.3) is 0 Å². The van der Waals surface area contributed by atoms with Gasteiger partial charge in [0.1, 0.15) is 6.10 Å². The number of carbonyl (C=O) groups is 1. The highest BCUT2D eigenvalue weighted by Gasteiger charge is 2.29.